The number of phenolic OH excluding ortho intramolecular Hbond substituents is 1. The van der Waals surface area contributed by atoms with E-state index in [1.165, 1.54) is 0 Å². The predicted octanol–water partition coefficient (Wildman–Crippen LogP) is 2.82. The fraction of sp³-hybridized carbons (Fsp3) is 0.133. The van der Waals surface area contributed by atoms with Gasteiger partial charge in [0.2, 0.25) is 0 Å². The van der Waals surface area contributed by atoms with E-state index in [-0.39, 0.29) is 5.75 Å². The molecule has 0 saturated heterocycles. The Morgan fingerprint density at radius 2 is 2.00 bits per heavy atom. The summed E-state index contributed by atoms with van der Waals surface area (Å²) in [7, 11) is 0. The maximum absolute atomic E-state index is 9.47. The first-order valence-corrected chi connectivity index (χ1v) is 6.12. The second kappa shape index (κ2) is 5.02. The number of nitrogens with zero attached hydrogens (tertiary/aromatic N) is 2. The van der Waals surface area contributed by atoms with Crippen LogP contribution in [0.1, 0.15) is 0 Å². The summed E-state index contributed by atoms with van der Waals surface area (Å²) in [4.78, 5) is 3.98. The van der Waals surface area contributed by atoms with Crippen LogP contribution in [0.5, 0.6) is 11.5 Å². The molecule has 2 aromatic carbocycles. The third-order valence-corrected chi connectivity index (χ3v) is 2.97. The number of benzene rings is 2. The van der Waals surface area contributed by atoms with Gasteiger partial charge in [0, 0.05) is 12.4 Å². The van der Waals surface area contributed by atoms with Crippen LogP contribution in [0.15, 0.2) is 55.1 Å². The lowest BCUT2D eigenvalue weighted by Crippen LogP contribution is -2.06. The molecule has 19 heavy (non-hydrogen) atoms. The first kappa shape index (κ1) is 11.6. The van der Waals surface area contributed by atoms with Gasteiger partial charge in [0.05, 0.1) is 12.9 Å². The maximum Gasteiger partial charge on any atom is 0.120 e. The Hall–Kier alpha value is -2.49. The van der Waals surface area contributed by atoms with Crippen LogP contribution in [-0.2, 0) is 6.54 Å². The van der Waals surface area contributed by atoms with Gasteiger partial charge in [0.15, 0.2) is 0 Å². The van der Waals surface area contributed by atoms with Crippen LogP contribution < -0.4 is 4.74 Å². The van der Waals surface area contributed by atoms with E-state index < -0.39 is 0 Å². The van der Waals surface area contributed by atoms with Crippen LogP contribution in [0.4, 0.5) is 0 Å². The lowest BCUT2D eigenvalue weighted by atomic mass is 10.1. The second-order valence-electron chi connectivity index (χ2n) is 4.34. The smallest absolute Gasteiger partial charge is 0.120 e. The molecule has 96 valence electrons. The normalized spacial score (nSPS) is 10.7. The molecular formula is C15H14N2O2. The van der Waals surface area contributed by atoms with Gasteiger partial charge in [-0.05, 0) is 35.0 Å². The van der Waals surface area contributed by atoms with Gasteiger partial charge in [-0.25, -0.2) is 4.98 Å². The Bertz CT molecular complexity index is 678. The number of hydrogen-bond acceptors (Lipinski definition) is 3. The Labute approximate surface area is 110 Å². The van der Waals surface area contributed by atoms with Crippen LogP contribution in [0.25, 0.3) is 10.8 Å². The number of ether oxygens (including phenoxy) is 1. The van der Waals surface area contributed by atoms with Crippen LogP contribution in [0.3, 0.4) is 0 Å². The van der Waals surface area contributed by atoms with E-state index in [1.54, 1.807) is 24.7 Å². The minimum atomic E-state index is 0.267. The standard InChI is InChI=1S/C15H14N2O2/c18-14-3-1-12-2-4-15(10-13(12)9-14)19-8-7-17-6-5-16-11-17/h1-6,9-11,18H,7-8H2. The van der Waals surface area contributed by atoms with Gasteiger partial charge < -0.3 is 14.4 Å². The molecule has 0 radical (unpaired) electrons. The summed E-state index contributed by atoms with van der Waals surface area (Å²) < 4.78 is 7.66. The molecule has 1 N–H and O–H groups in total. The molecule has 1 heterocycles. The summed E-state index contributed by atoms with van der Waals surface area (Å²) >= 11 is 0. The van der Waals surface area contributed by atoms with Crippen molar-refractivity contribution in [1.29, 1.82) is 0 Å². The van der Waals surface area contributed by atoms with E-state index in [9.17, 15) is 5.11 Å². The molecule has 0 fully saturated rings. The average molecular weight is 254 g/mol. The predicted molar refractivity (Wildman–Crippen MR) is 73.3 cm³/mol. The first-order valence-electron chi connectivity index (χ1n) is 6.12. The molecule has 4 heteroatoms. The summed E-state index contributed by atoms with van der Waals surface area (Å²) in [6.07, 6.45) is 5.42. The molecule has 4 nitrogen and oxygen atoms in total. The maximum atomic E-state index is 9.47. The zero-order valence-corrected chi connectivity index (χ0v) is 10.4. The minimum Gasteiger partial charge on any atom is -0.508 e. The number of aromatic nitrogens is 2. The summed E-state index contributed by atoms with van der Waals surface area (Å²) in [6.45, 7) is 1.35. The van der Waals surface area contributed by atoms with Crippen molar-refractivity contribution in [1.82, 2.24) is 9.55 Å². The Morgan fingerprint density at radius 1 is 1.11 bits per heavy atom. The van der Waals surface area contributed by atoms with Crippen LogP contribution in [-0.4, -0.2) is 21.3 Å². The highest BCUT2D eigenvalue weighted by atomic mass is 16.5. The molecule has 0 atom stereocenters. The van der Waals surface area contributed by atoms with E-state index in [4.69, 9.17) is 4.74 Å². The fourth-order valence-corrected chi connectivity index (χ4v) is 1.99. The van der Waals surface area contributed by atoms with Gasteiger partial charge in [-0.3, -0.25) is 0 Å². The molecular weight excluding hydrogens is 240 g/mol. The number of imidazole rings is 1. The molecule has 0 aliphatic carbocycles. The summed E-state index contributed by atoms with van der Waals surface area (Å²) in [5.74, 6) is 1.07. The molecule has 0 aliphatic rings. The molecule has 3 aromatic rings. The Morgan fingerprint density at radius 3 is 2.84 bits per heavy atom. The lowest BCUT2D eigenvalue weighted by molar-refractivity contribution is 0.298. The first-order chi connectivity index (χ1) is 9.31. The third-order valence-electron chi connectivity index (χ3n) is 2.97. The quantitative estimate of drug-likeness (QED) is 0.778. The summed E-state index contributed by atoms with van der Waals surface area (Å²) in [5, 5.41) is 11.5. The van der Waals surface area contributed by atoms with Crippen molar-refractivity contribution in [2.75, 3.05) is 6.61 Å². The second-order valence-corrected chi connectivity index (χ2v) is 4.34. The number of phenols is 1. The van der Waals surface area contributed by atoms with Crippen molar-refractivity contribution in [2.24, 2.45) is 0 Å². The molecule has 1 aromatic heterocycles. The van der Waals surface area contributed by atoms with Crippen molar-refractivity contribution in [2.45, 2.75) is 6.54 Å². The molecule has 0 unspecified atom stereocenters. The van der Waals surface area contributed by atoms with Gasteiger partial charge in [0.25, 0.3) is 0 Å². The van der Waals surface area contributed by atoms with Crippen molar-refractivity contribution in [3.8, 4) is 11.5 Å². The highest BCUT2D eigenvalue weighted by Gasteiger charge is 1.99. The van der Waals surface area contributed by atoms with E-state index in [0.717, 1.165) is 23.1 Å². The van der Waals surface area contributed by atoms with Gasteiger partial charge in [-0.15, -0.1) is 0 Å². The average Bonchev–Trinajstić information content (AvgIpc) is 2.91. The number of hydrogen-bond donors (Lipinski definition) is 1. The SMILES string of the molecule is Oc1ccc2ccc(OCCn3ccnc3)cc2c1. The number of aromatic hydroxyl groups is 1. The van der Waals surface area contributed by atoms with E-state index in [2.05, 4.69) is 4.98 Å². The zero-order valence-electron chi connectivity index (χ0n) is 10.4. The fourth-order valence-electron chi connectivity index (χ4n) is 1.99. The highest BCUT2D eigenvalue weighted by Crippen LogP contribution is 2.24. The van der Waals surface area contributed by atoms with Crippen molar-refractivity contribution >= 4 is 10.8 Å². The zero-order chi connectivity index (χ0) is 13.1. The monoisotopic (exact) mass is 254 g/mol. The third kappa shape index (κ3) is 2.68. The Balaban J connectivity index is 1.70. The van der Waals surface area contributed by atoms with E-state index >= 15 is 0 Å². The van der Waals surface area contributed by atoms with Crippen LogP contribution >= 0.6 is 0 Å². The highest BCUT2D eigenvalue weighted by molar-refractivity contribution is 5.85. The van der Waals surface area contributed by atoms with E-state index in [0.29, 0.717) is 6.61 Å². The van der Waals surface area contributed by atoms with Gasteiger partial charge in [-0.1, -0.05) is 12.1 Å². The summed E-state index contributed by atoms with van der Waals surface area (Å²) in [6, 6.07) is 11.2. The lowest BCUT2D eigenvalue weighted by Gasteiger charge is -2.08. The topological polar surface area (TPSA) is 47.3 Å². The molecule has 0 aliphatic heterocycles. The molecule has 3 rings (SSSR count). The van der Waals surface area contributed by atoms with Crippen LogP contribution in [0, 0.1) is 0 Å². The van der Waals surface area contributed by atoms with Crippen molar-refractivity contribution in [3.05, 3.63) is 55.1 Å². The largest absolute Gasteiger partial charge is 0.508 e. The van der Waals surface area contributed by atoms with Crippen molar-refractivity contribution < 1.29 is 9.84 Å². The van der Waals surface area contributed by atoms with Gasteiger partial charge in [0.1, 0.15) is 18.1 Å². The van der Waals surface area contributed by atoms with Crippen molar-refractivity contribution in [3.63, 3.8) is 0 Å². The van der Waals surface area contributed by atoms with Gasteiger partial charge in [-0.2, -0.15) is 0 Å². The number of rotatable bonds is 4. The number of fused-ring (bicyclic) bond motifs is 1. The molecule has 0 spiro atoms. The van der Waals surface area contributed by atoms with E-state index in [1.807, 2.05) is 35.0 Å². The minimum absolute atomic E-state index is 0.267. The molecule has 0 amide bonds. The van der Waals surface area contributed by atoms with Gasteiger partial charge >= 0.3 is 0 Å². The Kier molecular flexibility index (Phi) is 3.06. The van der Waals surface area contributed by atoms with Crippen LogP contribution in [0.2, 0.25) is 0 Å². The molecule has 0 bridgehead atoms. The molecule has 0 saturated carbocycles. The summed E-state index contributed by atoms with van der Waals surface area (Å²) in [5.41, 5.74) is 0.